The Morgan fingerprint density at radius 3 is 2.38 bits per heavy atom. The predicted molar refractivity (Wildman–Crippen MR) is 93.4 cm³/mol. The third kappa shape index (κ3) is 6.62. The Labute approximate surface area is 131 Å². The van der Waals surface area contributed by atoms with Crippen molar-refractivity contribution in [1.29, 1.82) is 0 Å². The highest BCUT2D eigenvalue weighted by atomic mass is 15.1. The first kappa shape index (κ1) is 18.2. The van der Waals surface area contributed by atoms with Crippen molar-refractivity contribution in [3.8, 4) is 0 Å². The molecule has 0 aromatic heterocycles. The number of rotatable bonds is 8. The maximum Gasteiger partial charge on any atom is 0.0233 e. The molecular formula is C19H34N2. The summed E-state index contributed by atoms with van der Waals surface area (Å²) >= 11 is 0. The van der Waals surface area contributed by atoms with Crippen LogP contribution in [0.3, 0.4) is 0 Å². The largest absolute Gasteiger partial charge is 0.330 e. The minimum absolute atomic E-state index is 0.369. The van der Waals surface area contributed by atoms with Gasteiger partial charge in [-0.3, -0.25) is 0 Å². The number of hydrogen-bond acceptors (Lipinski definition) is 2. The van der Waals surface area contributed by atoms with Gasteiger partial charge < -0.3 is 10.6 Å². The molecule has 2 N–H and O–H groups in total. The zero-order valence-corrected chi connectivity index (χ0v) is 14.7. The molecule has 0 saturated carbocycles. The summed E-state index contributed by atoms with van der Waals surface area (Å²) in [6, 6.07) is 8.67. The Morgan fingerprint density at radius 2 is 1.81 bits per heavy atom. The van der Waals surface area contributed by atoms with Crippen LogP contribution in [0.5, 0.6) is 0 Å². The smallest absolute Gasteiger partial charge is 0.0233 e. The highest BCUT2D eigenvalue weighted by Crippen LogP contribution is 2.32. The summed E-state index contributed by atoms with van der Waals surface area (Å²) in [6.45, 7) is 12.2. The minimum atomic E-state index is 0.369. The van der Waals surface area contributed by atoms with Crippen molar-refractivity contribution >= 4 is 0 Å². The summed E-state index contributed by atoms with van der Waals surface area (Å²) < 4.78 is 0. The zero-order chi connectivity index (χ0) is 15.9. The van der Waals surface area contributed by atoms with Gasteiger partial charge in [0.05, 0.1) is 0 Å². The van der Waals surface area contributed by atoms with Crippen LogP contribution in [-0.4, -0.2) is 25.0 Å². The minimum Gasteiger partial charge on any atom is -0.330 e. The number of nitrogens with zero attached hydrogens (tertiary/aromatic N) is 1. The molecular weight excluding hydrogens is 256 g/mol. The van der Waals surface area contributed by atoms with Crippen LogP contribution < -0.4 is 5.73 Å². The number of aryl methyl sites for hydroxylation is 1. The lowest BCUT2D eigenvalue weighted by Gasteiger charge is -2.31. The first-order valence-corrected chi connectivity index (χ1v) is 8.27. The van der Waals surface area contributed by atoms with Crippen LogP contribution in [0, 0.1) is 18.3 Å². The van der Waals surface area contributed by atoms with E-state index in [-0.39, 0.29) is 0 Å². The summed E-state index contributed by atoms with van der Waals surface area (Å²) in [5.74, 6) is 0.731. The van der Waals surface area contributed by atoms with Crippen molar-refractivity contribution in [3.63, 3.8) is 0 Å². The van der Waals surface area contributed by atoms with Gasteiger partial charge in [-0.2, -0.15) is 0 Å². The van der Waals surface area contributed by atoms with E-state index in [9.17, 15) is 0 Å². The summed E-state index contributed by atoms with van der Waals surface area (Å²) in [7, 11) is 2.22. The van der Waals surface area contributed by atoms with Crippen LogP contribution in [-0.2, 0) is 6.54 Å². The van der Waals surface area contributed by atoms with Gasteiger partial charge in [-0.15, -0.1) is 0 Å². The molecule has 21 heavy (non-hydrogen) atoms. The van der Waals surface area contributed by atoms with Crippen LogP contribution in [0.1, 0.15) is 51.2 Å². The average molecular weight is 290 g/mol. The van der Waals surface area contributed by atoms with Crippen molar-refractivity contribution in [1.82, 2.24) is 4.90 Å². The van der Waals surface area contributed by atoms with Crippen molar-refractivity contribution in [2.75, 3.05) is 20.1 Å². The Bertz CT molecular complexity index is 406. The van der Waals surface area contributed by atoms with E-state index < -0.39 is 0 Å². The SMILES string of the molecule is Cc1ccccc1CN(C)CCCC(CCN)C(C)(C)C. The van der Waals surface area contributed by atoms with Crippen LogP contribution in [0.4, 0.5) is 0 Å². The molecule has 120 valence electrons. The van der Waals surface area contributed by atoms with Gasteiger partial charge in [0.2, 0.25) is 0 Å². The van der Waals surface area contributed by atoms with Gasteiger partial charge >= 0.3 is 0 Å². The maximum atomic E-state index is 5.77. The van der Waals surface area contributed by atoms with Crippen molar-refractivity contribution in [3.05, 3.63) is 35.4 Å². The molecule has 1 aromatic rings. The highest BCUT2D eigenvalue weighted by Gasteiger charge is 2.23. The topological polar surface area (TPSA) is 29.3 Å². The Balaban J connectivity index is 2.39. The number of benzene rings is 1. The van der Waals surface area contributed by atoms with E-state index in [0.29, 0.717) is 5.41 Å². The second-order valence-corrected chi connectivity index (χ2v) is 7.45. The second-order valence-electron chi connectivity index (χ2n) is 7.45. The fourth-order valence-corrected chi connectivity index (χ4v) is 2.98. The third-order valence-corrected chi connectivity index (χ3v) is 4.53. The van der Waals surface area contributed by atoms with E-state index in [1.807, 2.05) is 0 Å². The van der Waals surface area contributed by atoms with Gasteiger partial charge in [-0.05, 0) is 68.8 Å². The van der Waals surface area contributed by atoms with Crippen molar-refractivity contribution < 1.29 is 0 Å². The molecule has 0 aliphatic heterocycles. The van der Waals surface area contributed by atoms with Crippen molar-refractivity contribution in [2.45, 2.75) is 53.5 Å². The third-order valence-electron chi connectivity index (χ3n) is 4.53. The van der Waals surface area contributed by atoms with E-state index in [1.165, 1.54) is 24.0 Å². The predicted octanol–water partition coefficient (Wildman–Crippen LogP) is 4.22. The Morgan fingerprint density at radius 1 is 1.14 bits per heavy atom. The molecule has 0 aliphatic rings. The highest BCUT2D eigenvalue weighted by molar-refractivity contribution is 5.25. The molecule has 1 rings (SSSR count). The van der Waals surface area contributed by atoms with Gasteiger partial charge in [-0.1, -0.05) is 45.0 Å². The molecule has 0 radical (unpaired) electrons. The molecule has 0 heterocycles. The zero-order valence-electron chi connectivity index (χ0n) is 14.7. The van der Waals surface area contributed by atoms with Gasteiger partial charge in [0.15, 0.2) is 0 Å². The van der Waals surface area contributed by atoms with E-state index >= 15 is 0 Å². The molecule has 0 amide bonds. The van der Waals surface area contributed by atoms with E-state index in [0.717, 1.165) is 32.0 Å². The first-order valence-electron chi connectivity index (χ1n) is 8.27. The normalized spacial score (nSPS) is 13.7. The summed E-state index contributed by atoms with van der Waals surface area (Å²) in [4.78, 5) is 2.44. The van der Waals surface area contributed by atoms with E-state index in [4.69, 9.17) is 5.73 Å². The fraction of sp³-hybridized carbons (Fsp3) is 0.684. The van der Waals surface area contributed by atoms with Crippen LogP contribution in [0.15, 0.2) is 24.3 Å². The average Bonchev–Trinajstić information content (AvgIpc) is 2.39. The van der Waals surface area contributed by atoms with E-state index in [2.05, 4.69) is 63.9 Å². The van der Waals surface area contributed by atoms with Gasteiger partial charge in [0.1, 0.15) is 0 Å². The second kappa shape index (κ2) is 8.55. The molecule has 0 aliphatic carbocycles. The summed E-state index contributed by atoms with van der Waals surface area (Å²) in [5, 5.41) is 0. The lowest BCUT2D eigenvalue weighted by Crippen LogP contribution is -2.25. The molecule has 2 heteroatoms. The number of nitrogens with two attached hydrogens (primary N) is 1. The molecule has 1 aromatic carbocycles. The van der Waals surface area contributed by atoms with Gasteiger partial charge in [0.25, 0.3) is 0 Å². The first-order chi connectivity index (χ1) is 9.84. The molecule has 1 atom stereocenters. The molecule has 0 bridgehead atoms. The Kier molecular flexibility index (Phi) is 7.41. The quantitative estimate of drug-likeness (QED) is 0.777. The lowest BCUT2D eigenvalue weighted by molar-refractivity contribution is 0.199. The number of hydrogen-bond donors (Lipinski definition) is 1. The lowest BCUT2D eigenvalue weighted by atomic mass is 9.76. The fourth-order valence-electron chi connectivity index (χ4n) is 2.98. The standard InChI is InChI=1S/C19H34N2/c1-16-9-6-7-10-17(16)15-21(5)14-8-11-18(12-13-20)19(2,3)4/h6-7,9-10,18H,8,11-15,20H2,1-5H3. The maximum absolute atomic E-state index is 5.77. The molecule has 0 fully saturated rings. The molecule has 0 spiro atoms. The molecule has 1 unspecified atom stereocenters. The van der Waals surface area contributed by atoms with E-state index in [1.54, 1.807) is 0 Å². The summed E-state index contributed by atoms with van der Waals surface area (Å²) in [6.07, 6.45) is 3.67. The van der Waals surface area contributed by atoms with Crippen LogP contribution in [0.2, 0.25) is 0 Å². The van der Waals surface area contributed by atoms with Crippen LogP contribution >= 0.6 is 0 Å². The van der Waals surface area contributed by atoms with Crippen molar-refractivity contribution in [2.24, 2.45) is 17.1 Å². The van der Waals surface area contributed by atoms with Crippen LogP contribution in [0.25, 0.3) is 0 Å². The van der Waals surface area contributed by atoms with Gasteiger partial charge in [0, 0.05) is 6.54 Å². The monoisotopic (exact) mass is 290 g/mol. The molecule has 2 nitrogen and oxygen atoms in total. The summed E-state index contributed by atoms with van der Waals surface area (Å²) in [5.41, 5.74) is 8.96. The molecule has 0 saturated heterocycles. The van der Waals surface area contributed by atoms with Gasteiger partial charge in [-0.25, -0.2) is 0 Å². The Hall–Kier alpha value is -0.860.